The molecule has 1 aromatic carbocycles. The summed E-state index contributed by atoms with van der Waals surface area (Å²) in [7, 11) is 0. The summed E-state index contributed by atoms with van der Waals surface area (Å²) < 4.78 is 39.6. The second kappa shape index (κ2) is 7.41. The molecule has 1 amide bonds. The minimum absolute atomic E-state index is 0.105. The molecular formula is C20H26F3NO2. The van der Waals surface area contributed by atoms with Crippen molar-refractivity contribution in [3.63, 3.8) is 0 Å². The minimum atomic E-state index is -4.47. The number of amides is 1. The molecule has 144 valence electrons. The number of carbonyl (C=O) groups is 2. The number of ketones is 1. The highest BCUT2D eigenvalue weighted by Crippen LogP contribution is 2.44. The van der Waals surface area contributed by atoms with Crippen molar-refractivity contribution in [3.8, 4) is 0 Å². The first kappa shape index (κ1) is 20.5. The summed E-state index contributed by atoms with van der Waals surface area (Å²) in [6.07, 6.45) is -1.87. The molecule has 1 saturated carbocycles. The van der Waals surface area contributed by atoms with Crippen LogP contribution in [0.25, 0.3) is 0 Å². The molecule has 1 atom stereocenters. The van der Waals surface area contributed by atoms with Gasteiger partial charge in [0.2, 0.25) is 5.91 Å². The topological polar surface area (TPSA) is 46.2 Å². The van der Waals surface area contributed by atoms with Gasteiger partial charge in [-0.25, -0.2) is 0 Å². The molecule has 0 unspecified atom stereocenters. The SMILES string of the molecule is CCC(CC)(C(=O)Nc1cc(C2CC2)cc(C(F)(F)F)c1)[C@H](C)C(C)=O. The first-order chi connectivity index (χ1) is 12.0. The molecule has 0 bridgehead atoms. The second-order valence-corrected chi connectivity index (χ2v) is 7.27. The van der Waals surface area contributed by atoms with Crippen LogP contribution in [0.1, 0.15) is 70.4 Å². The van der Waals surface area contributed by atoms with E-state index in [2.05, 4.69) is 5.32 Å². The molecule has 0 spiro atoms. The number of nitrogens with one attached hydrogen (secondary N) is 1. The summed E-state index contributed by atoms with van der Waals surface area (Å²) >= 11 is 0. The van der Waals surface area contributed by atoms with Crippen LogP contribution in [-0.4, -0.2) is 11.7 Å². The van der Waals surface area contributed by atoms with Gasteiger partial charge in [-0.3, -0.25) is 9.59 Å². The van der Waals surface area contributed by atoms with E-state index >= 15 is 0 Å². The number of halogens is 3. The molecule has 1 aromatic rings. The molecule has 0 heterocycles. The first-order valence-corrected chi connectivity index (χ1v) is 9.09. The summed E-state index contributed by atoms with van der Waals surface area (Å²) in [5, 5.41) is 2.66. The number of alkyl halides is 3. The van der Waals surface area contributed by atoms with Crippen molar-refractivity contribution in [2.24, 2.45) is 11.3 Å². The largest absolute Gasteiger partial charge is 0.416 e. The van der Waals surface area contributed by atoms with Gasteiger partial charge in [-0.1, -0.05) is 20.8 Å². The Labute approximate surface area is 152 Å². The Kier molecular flexibility index (Phi) is 5.83. The average molecular weight is 369 g/mol. The Hall–Kier alpha value is -1.85. The Morgan fingerprint density at radius 1 is 1.15 bits per heavy atom. The summed E-state index contributed by atoms with van der Waals surface area (Å²) in [5.41, 5.74) is -0.933. The third-order valence-corrected chi connectivity index (χ3v) is 5.74. The first-order valence-electron chi connectivity index (χ1n) is 9.09. The fraction of sp³-hybridized carbons (Fsp3) is 0.600. The standard InChI is InChI=1S/C20H26F3NO2/c1-5-19(6-2,12(3)13(4)25)18(26)24-17-10-15(14-7-8-14)9-16(11-17)20(21,22)23/h9-12,14H,5-8H2,1-4H3,(H,24,26)/t12-/m1/s1. The Morgan fingerprint density at radius 2 is 1.73 bits per heavy atom. The summed E-state index contributed by atoms with van der Waals surface area (Å²) in [6, 6.07) is 3.76. The van der Waals surface area contributed by atoms with Crippen molar-refractivity contribution in [3.05, 3.63) is 29.3 Å². The maximum absolute atomic E-state index is 13.2. The molecule has 0 aliphatic heterocycles. The quantitative estimate of drug-likeness (QED) is 0.685. The smallest absolute Gasteiger partial charge is 0.326 e. The van der Waals surface area contributed by atoms with E-state index in [0.29, 0.717) is 18.4 Å². The molecule has 6 heteroatoms. The predicted molar refractivity (Wildman–Crippen MR) is 94.9 cm³/mol. The van der Waals surface area contributed by atoms with E-state index in [1.54, 1.807) is 13.0 Å². The third-order valence-electron chi connectivity index (χ3n) is 5.74. The van der Waals surface area contributed by atoms with Crippen molar-refractivity contribution in [2.75, 3.05) is 5.32 Å². The van der Waals surface area contributed by atoms with Crippen LogP contribution in [0, 0.1) is 11.3 Å². The van der Waals surface area contributed by atoms with Gasteiger partial charge in [0, 0.05) is 11.6 Å². The zero-order valence-corrected chi connectivity index (χ0v) is 15.7. The molecule has 0 radical (unpaired) electrons. The Bertz CT molecular complexity index is 689. The van der Waals surface area contributed by atoms with Crippen molar-refractivity contribution in [1.29, 1.82) is 0 Å². The zero-order chi connectivity index (χ0) is 19.7. The number of benzene rings is 1. The Morgan fingerprint density at radius 3 is 2.15 bits per heavy atom. The summed E-state index contributed by atoms with van der Waals surface area (Å²) in [5.74, 6) is -0.879. The fourth-order valence-electron chi connectivity index (χ4n) is 3.56. The second-order valence-electron chi connectivity index (χ2n) is 7.27. The van der Waals surface area contributed by atoms with Gasteiger partial charge in [-0.05, 0) is 62.3 Å². The lowest BCUT2D eigenvalue weighted by molar-refractivity contribution is -0.137. The van der Waals surface area contributed by atoms with Crippen LogP contribution in [0.5, 0.6) is 0 Å². The highest BCUT2D eigenvalue weighted by Gasteiger charge is 2.43. The molecule has 0 saturated heterocycles. The minimum Gasteiger partial charge on any atom is -0.326 e. The maximum Gasteiger partial charge on any atom is 0.416 e. The van der Waals surface area contributed by atoms with Gasteiger partial charge in [0.15, 0.2) is 0 Å². The van der Waals surface area contributed by atoms with Crippen LogP contribution in [0.3, 0.4) is 0 Å². The number of hydrogen-bond acceptors (Lipinski definition) is 2. The molecule has 3 nitrogen and oxygen atoms in total. The van der Waals surface area contributed by atoms with E-state index in [0.717, 1.165) is 18.9 Å². The van der Waals surface area contributed by atoms with Crippen LogP contribution in [0.2, 0.25) is 0 Å². The van der Waals surface area contributed by atoms with Crippen molar-refractivity contribution in [2.45, 2.75) is 65.5 Å². The van der Waals surface area contributed by atoms with Gasteiger partial charge in [0.25, 0.3) is 0 Å². The van der Waals surface area contributed by atoms with E-state index < -0.39 is 29.0 Å². The zero-order valence-electron chi connectivity index (χ0n) is 15.7. The van der Waals surface area contributed by atoms with Crippen LogP contribution in [0.15, 0.2) is 18.2 Å². The van der Waals surface area contributed by atoms with Gasteiger partial charge < -0.3 is 5.32 Å². The lowest BCUT2D eigenvalue weighted by atomic mass is 9.69. The molecule has 1 aliphatic carbocycles. The van der Waals surface area contributed by atoms with E-state index in [1.165, 1.54) is 13.0 Å². The highest BCUT2D eigenvalue weighted by atomic mass is 19.4. The summed E-state index contributed by atoms with van der Waals surface area (Å²) in [4.78, 5) is 24.8. The van der Waals surface area contributed by atoms with Crippen molar-refractivity contribution in [1.82, 2.24) is 0 Å². The molecule has 1 aliphatic rings. The Balaban J connectivity index is 2.37. The molecule has 2 rings (SSSR count). The number of Topliss-reactive ketones (excluding diaryl/α,β-unsaturated/α-hetero) is 1. The van der Waals surface area contributed by atoms with Crippen LogP contribution in [0.4, 0.5) is 18.9 Å². The van der Waals surface area contributed by atoms with Crippen LogP contribution >= 0.6 is 0 Å². The van der Waals surface area contributed by atoms with E-state index in [9.17, 15) is 22.8 Å². The van der Waals surface area contributed by atoms with Gasteiger partial charge >= 0.3 is 6.18 Å². The van der Waals surface area contributed by atoms with Gasteiger partial charge in [-0.2, -0.15) is 13.2 Å². The molecule has 26 heavy (non-hydrogen) atoms. The number of rotatable bonds is 7. The average Bonchev–Trinajstić information content (AvgIpc) is 3.40. The van der Waals surface area contributed by atoms with E-state index in [4.69, 9.17) is 0 Å². The third kappa shape index (κ3) is 4.10. The molecular weight excluding hydrogens is 343 g/mol. The lowest BCUT2D eigenvalue weighted by Gasteiger charge is -2.35. The maximum atomic E-state index is 13.2. The molecule has 1 fully saturated rings. The van der Waals surface area contributed by atoms with Crippen molar-refractivity contribution < 1.29 is 22.8 Å². The van der Waals surface area contributed by atoms with E-state index in [1.807, 2.05) is 13.8 Å². The fourth-order valence-corrected chi connectivity index (χ4v) is 3.56. The summed E-state index contributed by atoms with van der Waals surface area (Å²) in [6.45, 7) is 6.79. The number of hydrogen-bond donors (Lipinski definition) is 1. The van der Waals surface area contributed by atoms with Crippen LogP contribution in [-0.2, 0) is 15.8 Å². The van der Waals surface area contributed by atoms with Gasteiger partial charge in [0.05, 0.1) is 11.0 Å². The van der Waals surface area contributed by atoms with Gasteiger partial charge in [-0.15, -0.1) is 0 Å². The lowest BCUT2D eigenvalue weighted by Crippen LogP contribution is -2.43. The highest BCUT2D eigenvalue weighted by molar-refractivity contribution is 5.99. The van der Waals surface area contributed by atoms with Crippen LogP contribution < -0.4 is 5.32 Å². The van der Waals surface area contributed by atoms with Gasteiger partial charge in [0.1, 0.15) is 5.78 Å². The molecule has 0 aromatic heterocycles. The number of anilines is 1. The van der Waals surface area contributed by atoms with Crippen molar-refractivity contribution >= 4 is 17.4 Å². The molecule has 1 N–H and O–H groups in total. The number of carbonyl (C=O) groups excluding carboxylic acids is 2. The predicted octanol–water partition coefficient (Wildman–Crippen LogP) is 5.55. The normalized spacial score (nSPS) is 16.3. The monoisotopic (exact) mass is 369 g/mol. The van der Waals surface area contributed by atoms with E-state index in [-0.39, 0.29) is 17.4 Å².